The van der Waals surface area contributed by atoms with Gasteiger partial charge in [0.05, 0.1) is 0 Å². The molecule has 0 aromatic carbocycles. The van der Waals surface area contributed by atoms with Crippen molar-refractivity contribution in [3.05, 3.63) is 0 Å². The van der Waals surface area contributed by atoms with Gasteiger partial charge in [0.1, 0.15) is 0 Å². The van der Waals surface area contributed by atoms with Crippen molar-refractivity contribution in [3.63, 3.8) is 0 Å². The summed E-state index contributed by atoms with van der Waals surface area (Å²) < 4.78 is 25.6. The summed E-state index contributed by atoms with van der Waals surface area (Å²) >= 11 is -3.79. The summed E-state index contributed by atoms with van der Waals surface area (Å²) in [5.41, 5.74) is 0. The van der Waals surface area contributed by atoms with Crippen LogP contribution in [0.1, 0.15) is 0 Å². The predicted molar refractivity (Wildman–Crippen MR) is 13.7 cm³/mol. The molecule has 0 aromatic heterocycles. The Morgan fingerprint density at radius 2 is 1.14 bits per heavy atom. The summed E-state index contributed by atoms with van der Waals surface area (Å²) in [7, 11) is 0. The molecular formula is H4CuO5Se. The van der Waals surface area contributed by atoms with Crippen LogP contribution in [0.25, 0.3) is 0 Å². The van der Waals surface area contributed by atoms with Crippen LogP contribution in [0.4, 0.5) is 0 Å². The fraction of sp³-hybridized carbons (Fsp3) is 0. The molecule has 0 saturated carbocycles. The molecule has 0 spiro atoms. The van der Waals surface area contributed by atoms with Gasteiger partial charge in [-0.25, -0.2) is 0 Å². The molecular weight excluding hydrogens is 223 g/mol. The SMILES string of the molecule is O.O.O=[Se]([O-])[O-].[Cu+2]. The molecule has 51 valence electrons. The van der Waals surface area contributed by atoms with Gasteiger partial charge in [-0.05, 0) is 0 Å². The van der Waals surface area contributed by atoms with Gasteiger partial charge in [0.15, 0.2) is 0 Å². The minimum Gasteiger partial charge on any atom is 2.00 e. The minimum absolute atomic E-state index is 0. The molecule has 5 nitrogen and oxygen atoms in total. The van der Waals surface area contributed by atoms with E-state index in [9.17, 15) is 0 Å². The van der Waals surface area contributed by atoms with Crippen LogP contribution in [0.2, 0.25) is 0 Å². The molecule has 0 aliphatic heterocycles. The fourth-order valence-electron chi connectivity index (χ4n) is 0. The Kier molecular flexibility index (Phi) is 57.5. The van der Waals surface area contributed by atoms with Crippen LogP contribution in [-0.4, -0.2) is 25.4 Å². The van der Waals surface area contributed by atoms with Crippen LogP contribution in [0.5, 0.6) is 0 Å². The molecule has 0 heterocycles. The summed E-state index contributed by atoms with van der Waals surface area (Å²) in [6.07, 6.45) is 0. The molecule has 7 heteroatoms. The average Bonchev–Trinajstić information content (AvgIpc) is 0.811. The maximum atomic E-state index is 8.54. The van der Waals surface area contributed by atoms with Gasteiger partial charge in [-0.2, -0.15) is 0 Å². The van der Waals surface area contributed by atoms with Gasteiger partial charge in [0.25, 0.3) is 0 Å². The third-order valence-electron chi connectivity index (χ3n) is 0. The zero-order valence-corrected chi connectivity index (χ0v) is 5.59. The van der Waals surface area contributed by atoms with Crippen LogP contribution >= 0.6 is 0 Å². The normalized spacial score (nSPS) is 5.00. The van der Waals surface area contributed by atoms with Crippen molar-refractivity contribution in [3.8, 4) is 0 Å². The maximum absolute atomic E-state index is 8.54. The second kappa shape index (κ2) is 15.9. The van der Waals surface area contributed by atoms with Crippen LogP contribution in [0.3, 0.4) is 0 Å². The van der Waals surface area contributed by atoms with Crippen molar-refractivity contribution in [1.82, 2.24) is 0 Å². The van der Waals surface area contributed by atoms with Crippen molar-refractivity contribution in [2.45, 2.75) is 0 Å². The van der Waals surface area contributed by atoms with Gasteiger partial charge in [0.2, 0.25) is 0 Å². The second-order valence-corrected chi connectivity index (χ2v) is 1.06. The number of hydrogen-bond acceptors (Lipinski definition) is 3. The summed E-state index contributed by atoms with van der Waals surface area (Å²) in [6, 6.07) is 0. The maximum Gasteiger partial charge on any atom is 2.00 e. The first-order valence-corrected chi connectivity index (χ1v) is 2.60. The molecule has 7 heavy (non-hydrogen) atoms. The quantitative estimate of drug-likeness (QED) is 0.386. The zero-order valence-electron chi connectivity index (χ0n) is 2.93. The third-order valence-corrected chi connectivity index (χ3v) is 0. The van der Waals surface area contributed by atoms with Crippen LogP contribution in [0, 0.1) is 0 Å². The van der Waals surface area contributed by atoms with E-state index in [1.54, 1.807) is 0 Å². The Balaban J connectivity index is -0.0000000150. The molecule has 0 bridgehead atoms. The van der Waals surface area contributed by atoms with Crippen LogP contribution < -0.4 is 8.38 Å². The molecule has 0 saturated heterocycles. The number of hydrogen-bond donors (Lipinski definition) is 0. The molecule has 0 aliphatic carbocycles. The van der Waals surface area contributed by atoms with Crippen molar-refractivity contribution in [2.24, 2.45) is 0 Å². The molecule has 0 rings (SSSR count). The summed E-state index contributed by atoms with van der Waals surface area (Å²) in [6.45, 7) is 0. The van der Waals surface area contributed by atoms with Crippen molar-refractivity contribution in [1.29, 1.82) is 0 Å². The number of rotatable bonds is 0. The minimum atomic E-state index is -3.79. The van der Waals surface area contributed by atoms with E-state index in [1.807, 2.05) is 0 Å². The van der Waals surface area contributed by atoms with Crippen LogP contribution in [0.15, 0.2) is 0 Å². The van der Waals surface area contributed by atoms with Crippen molar-refractivity contribution < 1.29 is 40.2 Å². The average molecular weight is 227 g/mol. The molecule has 0 aliphatic rings. The molecule has 0 fully saturated rings. The molecule has 0 aromatic rings. The van der Waals surface area contributed by atoms with Crippen molar-refractivity contribution in [2.75, 3.05) is 0 Å². The molecule has 0 amide bonds. The summed E-state index contributed by atoms with van der Waals surface area (Å²) in [4.78, 5) is 0. The fourth-order valence-corrected chi connectivity index (χ4v) is 0. The first kappa shape index (κ1) is 25.3. The van der Waals surface area contributed by atoms with Gasteiger partial charge in [0, 0.05) is 0 Å². The van der Waals surface area contributed by atoms with E-state index in [0.29, 0.717) is 0 Å². The van der Waals surface area contributed by atoms with E-state index in [-0.39, 0.29) is 28.0 Å². The Bertz CT molecular complexity index is 31.1. The second-order valence-electron chi connectivity index (χ2n) is 0.204. The third kappa shape index (κ3) is 317. The zero-order chi connectivity index (χ0) is 3.58. The van der Waals surface area contributed by atoms with E-state index < -0.39 is 14.5 Å². The molecule has 4 N–H and O–H groups in total. The first-order chi connectivity index (χ1) is 1.73. The van der Waals surface area contributed by atoms with Gasteiger partial charge >= 0.3 is 43.8 Å². The van der Waals surface area contributed by atoms with Crippen molar-refractivity contribution >= 4 is 14.5 Å². The summed E-state index contributed by atoms with van der Waals surface area (Å²) in [5, 5.41) is 0. The monoisotopic (exact) mass is 227 g/mol. The molecule has 0 atom stereocenters. The van der Waals surface area contributed by atoms with E-state index in [0.717, 1.165) is 0 Å². The first-order valence-electron chi connectivity index (χ1n) is 0.500. The van der Waals surface area contributed by atoms with Crippen LogP contribution in [-0.2, 0) is 20.9 Å². The smallest absolute Gasteiger partial charge is 2.00 e. The Morgan fingerprint density at radius 3 is 1.14 bits per heavy atom. The van der Waals surface area contributed by atoms with Gasteiger partial charge in [-0.15, -0.1) is 0 Å². The molecule has 1 radical (unpaired) electrons. The topological polar surface area (TPSA) is 126 Å². The Morgan fingerprint density at radius 1 is 1.14 bits per heavy atom. The van der Waals surface area contributed by atoms with E-state index in [4.69, 9.17) is 12.2 Å². The van der Waals surface area contributed by atoms with E-state index in [1.165, 1.54) is 0 Å². The largest absolute Gasteiger partial charge is 2.00 e. The van der Waals surface area contributed by atoms with Gasteiger partial charge in [-0.1, -0.05) is 0 Å². The standard InChI is InChI=1S/Cu.H2O3Se.2H2O/c;1-4(2)3;;/h;(H2,1,2,3);2*1H2/q+2;;;/p-2. The van der Waals surface area contributed by atoms with Gasteiger partial charge in [-0.3, -0.25) is 0 Å². The van der Waals surface area contributed by atoms with E-state index >= 15 is 0 Å². The Hall–Kier alpha value is 0.679. The molecule has 0 unspecified atom stereocenters. The Labute approximate surface area is 55.2 Å². The predicted octanol–water partition coefficient (Wildman–Crippen LogP) is -4.53. The van der Waals surface area contributed by atoms with Gasteiger partial charge < -0.3 is 11.0 Å². The summed E-state index contributed by atoms with van der Waals surface area (Å²) in [5.74, 6) is 0. The van der Waals surface area contributed by atoms with E-state index in [2.05, 4.69) is 0 Å².